The zero-order valence-corrected chi connectivity index (χ0v) is 10.4. The van der Waals surface area contributed by atoms with Gasteiger partial charge in [-0.2, -0.15) is 0 Å². The third-order valence-corrected chi connectivity index (χ3v) is 2.96. The van der Waals surface area contributed by atoms with Crippen LogP contribution in [0.5, 0.6) is 11.5 Å². The molecule has 1 heterocycles. The molecule has 3 aromatic rings. The minimum absolute atomic E-state index is 0.505. The molecule has 19 heavy (non-hydrogen) atoms. The fraction of sp³-hybridized carbons (Fsp3) is 0.0625. The monoisotopic (exact) mass is 250 g/mol. The average molecular weight is 250 g/mol. The van der Waals surface area contributed by atoms with Crippen LogP contribution in [0.15, 0.2) is 60.8 Å². The average Bonchev–Trinajstić information content (AvgIpc) is 2.48. The van der Waals surface area contributed by atoms with Gasteiger partial charge in [0.05, 0.1) is 0 Å². The molecule has 0 radical (unpaired) electrons. The Bertz CT molecular complexity index is 704. The lowest BCUT2D eigenvalue weighted by atomic mass is 10.2. The highest BCUT2D eigenvalue weighted by Gasteiger charge is 2.04. The van der Waals surface area contributed by atoms with Crippen molar-refractivity contribution in [2.75, 3.05) is 0 Å². The number of hydrogen-bond donors (Lipinski definition) is 1. The van der Waals surface area contributed by atoms with Gasteiger partial charge < -0.3 is 10.5 Å². The van der Waals surface area contributed by atoms with E-state index < -0.39 is 0 Å². The second-order valence-electron chi connectivity index (χ2n) is 4.28. The fourth-order valence-corrected chi connectivity index (χ4v) is 2.02. The summed E-state index contributed by atoms with van der Waals surface area (Å²) in [5.41, 5.74) is 7.55. The molecule has 0 fully saturated rings. The van der Waals surface area contributed by atoms with E-state index in [0.29, 0.717) is 6.54 Å². The predicted molar refractivity (Wildman–Crippen MR) is 76.2 cm³/mol. The third-order valence-electron chi connectivity index (χ3n) is 2.96. The summed E-state index contributed by atoms with van der Waals surface area (Å²) in [5.74, 6) is 1.54. The van der Waals surface area contributed by atoms with Crippen molar-refractivity contribution in [1.82, 2.24) is 4.98 Å². The molecular weight excluding hydrogens is 236 g/mol. The van der Waals surface area contributed by atoms with E-state index in [2.05, 4.69) is 4.98 Å². The first-order valence-electron chi connectivity index (χ1n) is 6.17. The number of fused-ring (bicyclic) bond motifs is 1. The summed E-state index contributed by atoms with van der Waals surface area (Å²) in [7, 11) is 0. The fourth-order valence-electron chi connectivity index (χ4n) is 2.02. The minimum atomic E-state index is 0.505. The molecule has 0 aliphatic rings. The van der Waals surface area contributed by atoms with Crippen molar-refractivity contribution >= 4 is 10.9 Å². The van der Waals surface area contributed by atoms with Crippen LogP contribution in [0.25, 0.3) is 10.9 Å². The lowest BCUT2D eigenvalue weighted by molar-refractivity contribution is 0.486. The molecule has 0 spiro atoms. The zero-order valence-electron chi connectivity index (χ0n) is 10.4. The van der Waals surface area contributed by atoms with Gasteiger partial charge in [0.1, 0.15) is 11.3 Å². The van der Waals surface area contributed by atoms with E-state index in [-0.39, 0.29) is 0 Å². The van der Waals surface area contributed by atoms with Gasteiger partial charge >= 0.3 is 0 Å². The van der Waals surface area contributed by atoms with E-state index in [0.717, 1.165) is 28.0 Å². The third kappa shape index (κ3) is 2.41. The number of nitrogens with two attached hydrogens (primary N) is 1. The van der Waals surface area contributed by atoms with Crippen LogP contribution in [-0.2, 0) is 6.54 Å². The number of rotatable bonds is 3. The van der Waals surface area contributed by atoms with Crippen molar-refractivity contribution in [3.05, 3.63) is 66.4 Å². The molecule has 0 bridgehead atoms. The van der Waals surface area contributed by atoms with Crippen LogP contribution in [0.3, 0.4) is 0 Å². The molecule has 1 aromatic heterocycles. The van der Waals surface area contributed by atoms with Crippen LogP contribution in [0.2, 0.25) is 0 Å². The molecule has 0 aliphatic carbocycles. The van der Waals surface area contributed by atoms with Crippen molar-refractivity contribution in [3.8, 4) is 11.5 Å². The van der Waals surface area contributed by atoms with Gasteiger partial charge in [0.15, 0.2) is 5.75 Å². The van der Waals surface area contributed by atoms with Gasteiger partial charge in [0.25, 0.3) is 0 Å². The quantitative estimate of drug-likeness (QED) is 0.774. The van der Waals surface area contributed by atoms with Crippen LogP contribution in [0.4, 0.5) is 0 Å². The molecule has 2 aromatic carbocycles. The summed E-state index contributed by atoms with van der Waals surface area (Å²) in [6, 6.07) is 17.6. The van der Waals surface area contributed by atoms with Crippen molar-refractivity contribution < 1.29 is 4.74 Å². The number of aromatic nitrogens is 1. The molecule has 3 nitrogen and oxygen atoms in total. The molecule has 3 heteroatoms. The number of pyridine rings is 1. The van der Waals surface area contributed by atoms with Crippen molar-refractivity contribution in [2.24, 2.45) is 5.73 Å². The van der Waals surface area contributed by atoms with E-state index in [1.54, 1.807) is 6.20 Å². The first-order chi connectivity index (χ1) is 9.36. The molecule has 0 amide bonds. The van der Waals surface area contributed by atoms with Crippen molar-refractivity contribution in [3.63, 3.8) is 0 Å². The van der Waals surface area contributed by atoms with Gasteiger partial charge in [-0.05, 0) is 29.8 Å². The minimum Gasteiger partial charge on any atom is -0.455 e. The lowest BCUT2D eigenvalue weighted by Crippen LogP contribution is -1.96. The Morgan fingerprint density at radius 3 is 2.74 bits per heavy atom. The normalized spacial score (nSPS) is 10.6. The standard InChI is InChI=1S/C16H14N2O/c17-11-12-4-1-7-14(10-12)19-15-8-2-5-13-6-3-9-18-16(13)15/h1-10H,11,17H2. The molecule has 2 N–H and O–H groups in total. The highest BCUT2D eigenvalue weighted by Crippen LogP contribution is 2.28. The van der Waals surface area contributed by atoms with E-state index in [9.17, 15) is 0 Å². The van der Waals surface area contributed by atoms with Crippen LogP contribution in [-0.4, -0.2) is 4.98 Å². The SMILES string of the molecule is NCc1cccc(Oc2cccc3cccnc23)c1. The Labute approximate surface area is 111 Å². The number of nitrogens with zero attached hydrogens (tertiary/aromatic N) is 1. The van der Waals surface area contributed by atoms with Crippen LogP contribution < -0.4 is 10.5 Å². The van der Waals surface area contributed by atoms with Crippen LogP contribution in [0, 0.1) is 0 Å². The van der Waals surface area contributed by atoms with E-state index >= 15 is 0 Å². The molecular formula is C16H14N2O. The number of hydrogen-bond acceptors (Lipinski definition) is 3. The molecule has 0 atom stereocenters. The molecule has 3 rings (SSSR count). The predicted octanol–water partition coefficient (Wildman–Crippen LogP) is 3.49. The Kier molecular flexibility index (Phi) is 3.12. The first kappa shape index (κ1) is 11.7. The van der Waals surface area contributed by atoms with E-state index in [4.69, 9.17) is 10.5 Å². The van der Waals surface area contributed by atoms with Crippen molar-refractivity contribution in [2.45, 2.75) is 6.54 Å². The van der Waals surface area contributed by atoms with E-state index in [1.807, 2.05) is 54.6 Å². The van der Waals surface area contributed by atoms with Crippen LogP contribution in [0.1, 0.15) is 5.56 Å². The topological polar surface area (TPSA) is 48.1 Å². The van der Waals surface area contributed by atoms with E-state index in [1.165, 1.54) is 0 Å². The number of benzene rings is 2. The Balaban J connectivity index is 2.01. The maximum absolute atomic E-state index is 5.92. The first-order valence-corrected chi connectivity index (χ1v) is 6.17. The summed E-state index contributed by atoms with van der Waals surface area (Å²) < 4.78 is 5.92. The molecule has 94 valence electrons. The van der Waals surface area contributed by atoms with Gasteiger partial charge in [0, 0.05) is 18.1 Å². The largest absolute Gasteiger partial charge is 0.455 e. The van der Waals surface area contributed by atoms with Gasteiger partial charge in [-0.15, -0.1) is 0 Å². The zero-order chi connectivity index (χ0) is 13.1. The summed E-state index contributed by atoms with van der Waals surface area (Å²) in [6.07, 6.45) is 1.77. The van der Waals surface area contributed by atoms with Crippen LogP contribution >= 0.6 is 0 Å². The maximum atomic E-state index is 5.92. The highest BCUT2D eigenvalue weighted by atomic mass is 16.5. The highest BCUT2D eigenvalue weighted by molar-refractivity contribution is 5.84. The molecule has 0 unspecified atom stereocenters. The maximum Gasteiger partial charge on any atom is 0.153 e. The smallest absolute Gasteiger partial charge is 0.153 e. The Hall–Kier alpha value is -2.39. The van der Waals surface area contributed by atoms with Crippen molar-refractivity contribution in [1.29, 1.82) is 0 Å². The lowest BCUT2D eigenvalue weighted by Gasteiger charge is -2.09. The summed E-state index contributed by atoms with van der Waals surface area (Å²) in [6.45, 7) is 0.505. The Morgan fingerprint density at radius 2 is 1.84 bits per heavy atom. The number of ether oxygens (including phenoxy) is 1. The van der Waals surface area contributed by atoms with Gasteiger partial charge in [0.2, 0.25) is 0 Å². The van der Waals surface area contributed by atoms with Gasteiger partial charge in [-0.25, -0.2) is 0 Å². The van der Waals surface area contributed by atoms with Gasteiger partial charge in [-0.3, -0.25) is 4.98 Å². The molecule has 0 saturated carbocycles. The Morgan fingerprint density at radius 1 is 1.00 bits per heavy atom. The van der Waals surface area contributed by atoms with Gasteiger partial charge in [-0.1, -0.05) is 30.3 Å². The molecule has 0 saturated heterocycles. The number of para-hydroxylation sites is 1. The summed E-state index contributed by atoms with van der Waals surface area (Å²) in [4.78, 5) is 4.37. The summed E-state index contributed by atoms with van der Waals surface area (Å²) in [5, 5.41) is 1.06. The summed E-state index contributed by atoms with van der Waals surface area (Å²) >= 11 is 0. The molecule has 0 aliphatic heterocycles. The second-order valence-corrected chi connectivity index (χ2v) is 4.28. The second kappa shape index (κ2) is 5.08.